The second-order valence-corrected chi connectivity index (χ2v) is 3.30. The minimum absolute atomic E-state index is 0.492. The smallest absolute Gasteiger partial charge is 0.0934 e. The molecule has 2 rings (SSSR count). The number of aromatic nitrogens is 1. The van der Waals surface area contributed by atoms with E-state index in [2.05, 4.69) is 4.98 Å². The Bertz CT molecular complexity index is 466. The molecular formula is C12H13N3. The molecule has 0 atom stereocenters. The van der Waals surface area contributed by atoms with Gasteiger partial charge in [0.05, 0.1) is 11.4 Å². The maximum absolute atomic E-state index is 5.87. The van der Waals surface area contributed by atoms with Crippen LogP contribution in [0.2, 0.25) is 0 Å². The van der Waals surface area contributed by atoms with Gasteiger partial charge in [-0.3, -0.25) is 4.98 Å². The van der Waals surface area contributed by atoms with Crippen LogP contribution in [0.15, 0.2) is 42.6 Å². The first-order valence-corrected chi connectivity index (χ1v) is 4.81. The lowest BCUT2D eigenvalue weighted by Crippen LogP contribution is -2.01. The molecule has 0 fully saturated rings. The van der Waals surface area contributed by atoms with Gasteiger partial charge in [0.2, 0.25) is 0 Å². The van der Waals surface area contributed by atoms with Crippen molar-refractivity contribution in [1.29, 1.82) is 0 Å². The van der Waals surface area contributed by atoms with Crippen LogP contribution in [0, 0.1) is 0 Å². The summed E-state index contributed by atoms with van der Waals surface area (Å²) in [6, 6.07) is 11.6. The molecule has 76 valence electrons. The van der Waals surface area contributed by atoms with Gasteiger partial charge in [0.15, 0.2) is 0 Å². The second kappa shape index (κ2) is 4.11. The van der Waals surface area contributed by atoms with E-state index in [1.165, 1.54) is 0 Å². The Balaban J connectivity index is 2.59. The van der Waals surface area contributed by atoms with Crippen LogP contribution in [0.5, 0.6) is 0 Å². The van der Waals surface area contributed by atoms with E-state index < -0.39 is 0 Å². The fraction of sp³-hybridized carbons (Fsp3) is 0.0833. The quantitative estimate of drug-likeness (QED) is 0.775. The van der Waals surface area contributed by atoms with E-state index in [0.717, 1.165) is 16.8 Å². The zero-order valence-electron chi connectivity index (χ0n) is 8.35. The molecular weight excluding hydrogens is 186 g/mol. The summed E-state index contributed by atoms with van der Waals surface area (Å²) in [5, 5.41) is 0. The van der Waals surface area contributed by atoms with Crippen molar-refractivity contribution in [2.45, 2.75) is 6.54 Å². The van der Waals surface area contributed by atoms with Crippen molar-refractivity contribution in [1.82, 2.24) is 4.98 Å². The zero-order valence-corrected chi connectivity index (χ0v) is 8.35. The minimum Gasteiger partial charge on any atom is -0.397 e. The van der Waals surface area contributed by atoms with Gasteiger partial charge in [-0.25, -0.2) is 0 Å². The molecule has 2 aromatic rings. The highest BCUT2D eigenvalue weighted by Crippen LogP contribution is 2.25. The van der Waals surface area contributed by atoms with Crippen LogP contribution in [-0.4, -0.2) is 4.98 Å². The number of benzene rings is 1. The van der Waals surface area contributed by atoms with Gasteiger partial charge in [-0.1, -0.05) is 24.3 Å². The van der Waals surface area contributed by atoms with Crippen LogP contribution in [0.1, 0.15) is 5.56 Å². The average Bonchev–Trinajstić information content (AvgIpc) is 2.30. The van der Waals surface area contributed by atoms with E-state index in [1.54, 1.807) is 6.20 Å². The van der Waals surface area contributed by atoms with Crippen LogP contribution in [0.25, 0.3) is 11.3 Å². The maximum atomic E-state index is 5.87. The van der Waals surface area contributed by atoms with Crippen LogP contribution < -0.4 is 11.5 Å². The number of pyridine rings is 1. The lowest BCUT2D eigenvalue weighted by molar-refractivity contribution is 1.07. The van der Waals surface area contributed by atoms with E-state index >= 15 is 0 Å². The summed E-state index contributed by atoms with van der Waals surface area (Å²) < 4.78 is 0. The van der Waals surface area contributed by atoms with Gasteiger partial charge in [0.1, 0.15) is 0 Å². The van der Waals surface area contributed by atoms with Crippen molar-refractivity contribution in [2.24, 2.45) is 5.73 Å². The normalized spacial score (nSPS) is 10.2. The number of nitrogen functional groups attached to an aromatic ring is 1. The van der Waals surface area contributed by atoms with Crippen LogP contribution in [0.3, 0.4) is 0 Å². The monoisotopic (exact) mass is 199 g/mol. The summed E-state index contributed by atoms with van der Waals surface area (Å²) in [4.78, 5) is 4.28. The summed E-state index contributed by atoms with van der Waals surface area (Å²) in [6.45, 7) is 0.492. The average molecular weight is 199 g/mol. The molecule has 0 saturated heterocycles. The van der Waals surface area contributed by atoms with Gasteiger partial charge in [-0.15, -0.1) is 0 Å². The number of rotatable bonds is 2. The highest BCUT2D eigenvalue weighted by molar-refractivity contribution is 5.74. The van der Waals surface area contributed by atoms with Crippen molar-refractivity contribution in [2.75, 3.05) is 5.73 Å². The van der Waals surface area contributed by atoms with Crippen molar-refractivity contribution < 1.29 is 0 Å². The molecule has 3 nitrogen and oxygen atoms in total. The van der Waals surface area contributed by atoms with Gasteiger partial charge in [0.25, 0.3) is 0 Å². The number of hydrogen-bond donors (Lipinski definition) is 2. The summed E-state index contributed by atoms with van der Waals surface area (Å²) >= 11 is 0. The zero-order chi connectivity index (χ0) is 10.7. The molecule has 0 radical (unpaired) electrons. The fourth-order valence-corrected chi connectivity index (χ4v) is 1.57. The SMILES string of the molecule is NCc1ccccc1-c1ncccc1N. The third-order valence-electron chi connectivity index (χ3n) is 2.33. The van der Waals surface area contributed by atoms with Crippen LogP contribution >= 0.6 is 0 Å². The topological polar surface area (TPSA) is 64.9 Å². The predicted molar refractivity (Wildman–Crippen MR) is 62.0 cm³/mol. The van der Waals surface area contributed by atoms with Gasteiger partial charge >= 0.3 is 0 Å². The van der Waals surface area contributed by atoms with E-state index in [1.807, 2.05) is 36.4 Å². The summed E-state index contributed by atoms with van der Waals surface area (Å²) in [6.07, 6.45) is 1.74. The first-order chi connectivity index (χ1) is 7.33. The Hall–Kier alpha value is -1.87. The molecule has 0 saturated carbocycles. The highest BCUT2D eigenvalue weighted by Gasteiger charge is 2.06. The Labute approximate surface area is 88.8 Å². The molecule has 0 bridgehead atoms. The molecule has 0 spiro atoms. The second-order valence-electron chi connectivity index (χ2n) is 3.30. The molecule has 0 unspecified atom stereocenters. The highest BCUT2D eigenvalue weighted by atomic mass is 14.7. The maximum Gasteiger partial charge on any atom is 0.0934 e. The lowest BCUT2D eigenvalue weighted by atomic mass is 10.0. The van der Waals surface area contributed by atoms with E-state index in [4.69, 9.17) is 11.5 Å². The van der Waals surface area contributed by atoms with E-state index in [-0.39, 0.29) is 0 Å². The largest absolute Gasteiger partial charge is 0.397 e. The molecule has 3 heteroatoms. The molecule has 1 heterocycles. The van der Waals surface area contributed by atoms with Crippen molar-refractivity contribution in [3.05, 3.63) is 48.2 Å². The van der Waals surface area contributed by atoms with Crippen molar-refractivity contribution >= 4 is 5.69 Å². The summed E-state index contributed by atoms with van der Waals surface area (Å²) in [5.74, 6) is 0. The Kier molecular flexibility index (Phi) is 2.65. The van der Waals surface area contributed by atoms with E-state index in [0.29, 0.717) is 12.2 Å². The predicted octanol–water partition coefficient (Wildman–Crippen LogP) is 1.79. The number of nitrogens with zero attached hydrogens (tertiary/aromatic N) is 1. The van der Waals surface area contributed by atoms with Gasteiger partial charge in [0, 0.05) is 18.3 Å². The number of nitrogens with two attached hydrogens (primary N) is 2. The van der Waals surface area contributed by atoms with Crippen molar-refractivity contribution in [3.8, 4) is 11.3 Å². The van der Waals surface area contributed by atoms with Gasteiger partial charge in [-0.2, -0.15) is 0 Å². The Morgan fingerprint density at radius 1 is 1.07 bits per heavy atom. The third kappa shape index (κ3) is 1.82. The summed E-state index contributed by atoms with van der Waals surface area (Å²) in [7, 11) is 0. The molecule has 0 aliphatic carbocycles. The first kappa shape index (κ1) is 9.68. The summed E-state index contributed by atoms with van der Waals surface area (Å²) in [5.41, 5.74) is 15.1. The molecule has 0 aliphatic rings. The van der Waals surface area contributed by atoms with Gasteiger partial charge in [-0.05, 0) is 17.7 Å². The first-order valence-electron chi connectivity index (χ1n) is 4.81. The molecule has 15 heavy (non-hydrogen) atoms. The third-order valence-corrected chi connectivity index (χ3v) is 2.33. The van der Waals surface area contributed by atoms with Gasteiger partial charge < -0.3 is 11.5 Å². The van der Waals surface area contributed by atoms with Crippen LogP contribution in [-0.2, 0) is 6.54 Å². The Morgan fingerprint density at radius 2 is 1.87 bits per heavy atom. The molecule has 0 aliphatic heterocycles. The standard InChI is InChI=1S/C12H13N3/c13-8-9-4-1-2-5-10(9)12-11(14)6-3-7-15-12/h1-7H,8,13-14H2. The fourth-order valence-electron chi connectivity index (χ4n) is 1.57. The minimum atomic E-state index is 0.492. The molecule has 4 N–H and O–H groups in total. The van der Waals surface area contributed by atoms with Crippen molar-refractivity contribution in [3.63, 3.8) is 0 Å². The lowest BCUT2D eigenvalue weighted by Gasteiger charge is -2.08. The molecule has 1 aromatic heterocycles. The molecule has 0 amide bonds. The van der Waals surface area contributed by atoms with E-state index in [9.17, 15) is 0 Å². The number of anilines is 1. The Morgan fingerprint density at radius 3 is 2.60 bits per heavy atom. The molecule has 1 aromatic carbocycles. The van der Waals surface area contributed by atoms with Crippen LogP contribution in [0.4, 0.5) is 5.69 Å². The number of hydrogen-bond acceptors (Lipinski definition) is 3.